The van der Waals surface area contributed by atoms with Gasteiger partial charge in [-0.1, -0.05) is 37.5 Å². The molecule has 40 heavy (non-hydrogen) atoms. The second-order valence-corrected chi connectivity index (χ2v) is 12.4. The Labute approximate surface area is 235 Å². The third kappa shape index (κ3) is 7.31. The number of hydrogen-bond donors (Lipinski definition) is 1. The van der Waals surface area contributed by atoms with Crippen molar-refractivity contribution in [1.29, 1.82) is 0 Å². The van der Waals surface area contributed by atoms with E-state index in [0.717, 1.165) is 69.1 Å². The monoisotopic (exact) mass is 561 g/mol. The summed E-state index contributed by atoms with van der Waals surface area (Å²) in [5.41, 5.74) is 0.215. The maximum Gasteiger partial charge on any atom is 0.416 e. The molecule has 4 rings (SSSR count). The van der Waals surface area contributed by atoms with Gasteiger partial charge in [-0.05, 0) is 94.2 Å². The molecule has 1 unspecified atom stereocenters. The van der Waals surface area contributed by atoms with Crippen LogP contribution in [-0.2, 0) is 10.9 Å². The predicted octanol–water partition coefficient (Wildman–Crippen LogP) is 8.20. The van der Waals surface area contributed by atoms with Gasteiger partial charge in [0.1, 0.15) is 11.4 Å². The lowest BCUT2D eigenvalue weighted by Gasteiger charge is -2.42. The van der Waals surface area contributed by atoms with E-state index in [4.69, 9.17) is 9.47 Å². The maximum absolute atomic E-state index is 13.2. The first-order valence-electron chi connectivity index (χ1n) is 14.3. The minimum atomic E-state index is -4.40. The molecule has 220 valence electrons. The summed E-state index contributed by atoms with van der Waals surface area (Å²) in [7, 11) is 1.55. The number of methoxy groups -OCH3 is 1. The van der Waals surface area contributed by atoms with E-state index in [1.165, 1.54) is 12.1 Å². The summed E-state index contributed by atoms with van der Waals surface area (Å²) in [6.07, 6.45) is 2.20. The average molecular weight is 562 g/mol. The molecular weight excluding hydrogens is 519 g/mol. The molecule has 0 radical (unpaired) electrons. The summed E-state index contributed by atoms with van der Waals surface area (Å²) in [6.45, 7) is 6.82. The SMILES string of the molecule is COc1ccc(C(CC2CCN(C(=O)OC(C)(C)C)CC2)C2(O)CCCCC2)cc1-c1ccc(C(F)(F)F)cc1. The van der Waals surface area contributed by atoms with Gasteiger partial charge in [-0.2, -0.15) is 13.2 Å². The molecule has 2 aliphatic rings. The summed E-state index contributed by atoms with van der Waals surface area (Å²) < 4.78 is 50.6. The Balaban J connectivity index is 1.59. The van der Waals surface area contributed by atoms with E-state index in [1.54, 1.807) is 12.0 Å². The Bertz CT molecular complexity index is 1140. The predicted molar refractivity (Wildman–Crippen MR) is 149 cm³/mol. The van der Waals surface area contributed by atoms with E-state index in [9.17, 15) is 23.1 Å². The van der Waals surface area contributed by atoms with Gasteiger partial charge in [0.25, 0.3) is 0 Å². The second-order valence-electron chi connectivity index (χ2n) is 12.4. The van der Waals surface area contributed by atoms with Crippen molar-refractivity contribution in [3.05, 3.63) is 53.6 Å². The quantitative estimate of drug-likeness (QED) is 0.386. The van der Waals surface area contributed by atoms with Crippen molar-refractivity contribution in [1.82, 2.24) is 4.90 Å². The normalized spacial score (nSPS) is 19.2. The molecule has 1 aliphatic heterocycles. The van der Waals surface area contributed by atoms with Gasteiger partial charge in [0.05, 0.1) is 18.3 Å². The summed E-state index contributed by atoms with van der Waals surface area (Å²) in [4.78, 5) is 14.3. The van der Waals surface area contributed by atoms with Crippen LogP contribution in [-0.4, -0.2) is 47.5 Å². The maximum atomic E-state index is 13.2. The number of carbonyl (C=O) groups excluding carboxylic acids is 1. The van der Waals surface area contributed by atoms with Gasteiger partial charge in [-0.25, -0.2) is 4.79 Å². The fourth-order valence-electron chi connectivity index (χ4n) is 6.20. The summed E-state index contributed by atoms with van der Waals surface area (Å²) >= 11 is 0. The van der Waals surface area contributed by atoms with Crippen LogP contribution >= 0.6 is 0 Å². The van der Waals surface area contributed by atoms with E-state index in [-0.39, 0.29) is 12.0 Å². The molecule has 1 atom stereocenters. The number of piperidine rings is 1. The third-order valence-corrected chi connectivity index (χ3v) is 8.35. The molecule has 0 spiro atoms. The van der Waals surface area contributed by atoms with Crippen molar-refractivity contribution in [2.45, 2.75) is 95.4 Å². The molecule has 2 aromatic carbocycles. The molecule has 2 aromatic rings. The first-order chi connectivity index (χ1) is 18.8. The highest BCUT2D eigenvalue weighted by Crippen LogP contribution is 2.46. The van der Waals surface area contributed by atoms with E-state index in [1.807, 2.05) is 39.0 Å². The van der Waals surface area contributed by atoms with Gasteiger partial charge in [-0.15, -0.1) is 0 Å². The molecule has 1 saturated carbocycles. The molecule has 1 amide bonds. The number of rotatable bonds is 6. The number of benzene rings is 2. The first-order valence-corrected chi connectivity index (χ1v) is 14.3. The van der Waals surface area contributed by atoms with Gasteiger partial charge in [-0.3, -0.25) is 0 Å². The number of hydrogen-bond acceptors (Lipinski definition) is 4. The highest BCUT2D eigenvalue weighted by atomic mass is 19.4. The van der Waals surface area contributed by atoms with Crippen molar-refractivity contribution in [2.75, 3.05) is 20.2 Å². The summed E-state index contributed by atoms with van der Waals surface area (Å²) in [5.74, 6) is 0.764. The van der Waals surface area contributed by atoms with Crippen molar-refractivity contribution >= 4 is 6.09 Å². The van der Waals surface area contributed by atoms with Crippen molar-refractivity contribution in [3.63, 3.8) is 0 Å². The molecule has 0 aromatic heterocycles. The molecule has 1 saturated heterocycles. The zero-order chi connectivity index (χ0) is 29.1. The fourth-order valence-corrected chi connectivity index (χ4v) is 6.20. The molecule has 8 heteroatoms. The Morgan fingerprint density at radius 2 is 1.65 bits per heavy atom. The molecule has 1 heterocycles. The number of likely N-dealkylation sites (tertiary alicyclic amines) is 1. The van der Waals surface area contributed by atoms with Gasteiger partial charge in [0, 0.05) is 24.6 Å². The van der Waals surface area contributed by atoms with E-state index >= 15 is 0 Å². The standard InChI is InChI=1S/C32H42F3NO4/c1-30(2,3)40-29(37)36-18-14-22(15-19-36)20-27(31(38)16-6-5-7-17-31)24-10-13-28(39-4)26(21-24)23-8-11-25(12-9-23)32(33,34)35/h8-13,21-22,27,38H,5-7,14-20H2,1-4H3. The van der Waals surface area contributed by atoms with Crippen LogP contribution in [0.1, 0.15) is 89.2 Å². The molecule has 0 bridgehead atoms. The molecule has 1 aliphatic carbocycles. The Morgan fingerprint density at radius 1 is 1.02 bits per heavy atom. The Kier molecular flexibility index (Phi) is 9.08. The Morgan fingerprint density at radius 3 is 2.20 bits per heavy atom. The van der Waals surface area contributed by atoms with Crippen LogP contribution in [0.25, 0.3) is 11.1 Å². The van der Waals surface area contributed by atoms with Crippen LogP contribution in [0.2, 0.25) is 0 Å². The fraction of sp³-hybridized carbons (Fsp3) is 0.594. The second kappa shape index (κ2) is 12.0. The lowest BCUT2D eigenvalue weighted by molar-refractivity contribution is -0.137. The largest absolute Gasteiger partial charge is 0.496 e. The van der Waals surface area contributed by atoms with Crippen molar-refractivity contribution < 1.29 is 32.5 Å². The van der Waals surface area contributed by atoms with E-state index in [2.05, 4.69) is 0 Å². The number of alkyl halides is 3. The number of ether oxygens (including phenoxy) is 2. The minimum Gasteiger partial charge on any atom is -0.496 e. The number of halogens is 3. The van der Waals surface area contributed by atoms with Gasteiger partial charge in [0.2, 0.25) is 0 Å². The lowest BCUT2D eigenvalue weighted by Crippen LogP contribution is -2.43. The van der Waals surface area contributed by atoms with Crippen LogP contribution in [0.4, 0.5) is 18.0 Å². The lowest BCUT2D eigenvalue weighted by atomic mass is 9.68. The van der Waals surface area contributed by atoms with Crippen LogP contribution in [0.3, 0.4) is 0 Å². The highest BCUT2D eigenvalue weighted by molar-refractivity contribution is 5.72. The Hall–Kier alpha value is -2.74. The summed E-state index contributed by atoms with van der Waals surface area (Å²) in [5, 5.41) is 12.0. The molecule has 1 N–H and O–H groups in total. The topological polar surface area (TPSA) is 59.0 Å². The van der Waals surface area contributed by atoms with Crippen molar-refractivity contribution in [3.8, 4) is 16.9 Å². The van der Waals surface area contributed by atoms with Gasteiger partial charge >= 0.3 is 12.3 Å². The van der Waals surface area contributed by atoms with Crippen LogP contribution in [0, 0.1) is 5.92 Å². The zero-order valence-electron chi connectivity index (χ0n) is 24.0. The van der Waals surface area contributed by atoms with Crippen molar-refractivity contribution in [2.24, 2.45) is 5.92 Å². The van der Waals surface area contributed by atoms with Crippen LogP contribution < -0.4 is 4.74 Å². The molecular formula is C32H42F3NO4. The van der Waals surface area contributed by atoms with E-state index in [0.29, 0.717) is 35.9 Å². The number of carbonyl (C=O) groups is 1. The van der Waals surface area contributed by atoms with E-state index < -0.39 is 22.9 Å². The number of amides is 1. The zero-order valence-corrected chi connectivity index (χ0v) is 24.0. The highest BCUT2D eigenvalue weighted by Gasteiger charge is 2.41. The third-order valence-electron chi connectivity index (χ3n) is 8.35. The van der Waals surface area contributed by atoms with Gasteiger partial charge in [0.15, 0.2) is 0 Å². The smallest absolute Gasteiger partial charge is 0.416 e. The van der Waals surface area contributed by atoms with Crippen LogP contribution in [0.15, 0.2) is 42.5 Å². The molecule has 2 fully saturated rings. The van der Waals surface area contributed by atoms with Gasteiger partial charge < -0.3 is 19.5 Å². The molecule has 5 nitrogen and oxygen atoms in total. The summed E-state index contributed by atoms with van der Waals surface area (Å²) in [6, 6.07) is 10.9. The first kappa shape index (κ1) is 30.2. The number of aliphatic hydroxyl groups is 1. The average Bonchev–Trinajstić information content (AvgIpc) is 2.90. The van der Waals surface area contributed by atoms with Crippen LogP contribution in [0.5, 0.6) is 5.75 Å². The number of nitrogens with zero attached hydrogens (tertiary/aromatic N) is 1. The minimum absolute atomic E-state index is 0.134.